The molecule has 1 aliphatic rings. The van der Waals surface area contributed by atoms with Crippen LogP contribution in [-0.2, 0) is 4.74 Å². The molecule has 1 aromatic carbocycles. The van der Waals surface area contributed by atoms with Gasteiger partial charge < -0.3 is 14.4 Å². The van der Waals surface area contributed by atoms with Gasteiger partial charge in [-0.3, -0.25) is 4.79 Å². The molecule has 0 radical (unpaired) electrons. The van der Waals surface area contributed by atoms with E-state index in [1.807, 2.05) is 32.9 Å². The normalized spacial score (nSPS) is 15.0. The van der Waals surface area contributed by atoms with Gasteiger partial charge in [0.2, 0.25) is 0 Å². The zero-order valence-corrected chi connectivity index (χ0v) is 14.1. The number of nitrogens with zero attached hydrogens (tertiary/aromatic N) is 1. The van der Waals surface area contributed by atoms with Crippen molar-refractivity contribution in [2.24, 2.45) is 0 Å². The largest absolute Gasteiger partial charge is 0.496 e. The Kier molecular flexibility index (Phi) is 5.08. The molecule has 124 valence electrons. The zero-order valence-electron chi connectivity index (χ0n) is 14.1. The predicted octanol–water partition coefficient (Wildman–Crippen LogP) is 3.53. The van der Waals surface area contributed by atoms with E-state index in [4.69, 9.17) is 9.47 Å². The first-order valence-corrected chi connectivity index (χ1v) is 7.64. The Morgan fingerprint density at radius 3 is 2.57 bits per heavy atom. The van der Waals surface area contributed by atoms with Gasteiger partial charge in [0.1, 0.15) is 17.6 Å². The van der Waals surface area contributed by atoms with Crippen molar-refractivity contribution in [3.8, 4) is 5.75 Å². The van der Waals surface area contributed by atoms with Gasteiger partial charge in [0, 0.05) is 24.2 Å². The van der Waals surface area contributed by atoms with E-state index in [9.17, 15) is 9.59 Å². The van der Waals surface area contributed by atoms with E-state index in [0.29, 0.717) is 25.1 Å². The van der Waals surface area contributed by atoms with E-state index in [-0.39, 0.29) is 6.09 Å². The number of hydrogen-bond acceptors (Lipinski definition) is 4. The molecule has 0 atom stereocenters. The van der Waals surface area contributed by atoms with E-state index < -0.39 is 5.60 Å². The molecule has 0 unspecified atom stereocenters. The van der Waals surface area contributed by atoms with Crippen molar-refractivity contribution in [2.45, 2.75) is 32.8 Å². The standard InChI is InChI=1S/C18H23NO4/c1-18(2,3)23-17(21)19-9-7-14(8-10-19)15-11-13(12-20)5-6-16(15)22-4/h5-7,11-12H,8-10H2,1-4H3. The number of methoxy groups -OCH3 is 1. The Bertz CT molecular complexity index is 628. The van der Waals surface area contributed by atoms with Crippen LogP contribution in [-0.4, -0.2) is 43.1 Å². The van der Waals surface area contributed by atoms with Crippen LogP contribution in [0.1, 0.15) is 43.1 Å². The van der Waals surface area contributed by atoms with Gasteiger partial charge in [-0.05, 0) is 51.0 Å². The maximum absolute atomic E-state index is 12.1. The molecule has 0 spiro atoms. The van der Waals surface area contributed by atoms with E-state index in [0.717, 1.165) is 23.2 Å². The summed E-state index contributed by atoms with van der Waals surface area (Å²) in [5.74, 6) is 0.729. The number of rotatable bonds is 3. The van der Waals surface area contributed by atoms with Gasteiger partial charge in [-0.1, -0.05) is 6.08 Å². The Morgan fingerprint density at radius 2 is 2.04 bits per heavy atom. The van der Waals surface area contributed by atoms with Gasteiger partial charge in [0.15, 0.2) is 0 Å². The predicted molar refractivity (Wildman–Crippen MR) is 88.8 cm³/mol. The summed E-state index contributed by atoms with van der Waals surface area (Å²) in [5, 5.41) is 0. The number of ether oxygens (including phenoxy) is 2. The maximum Gasteiger partial charge on any atom is 0.410 e. The van der Waals surface area contributed by atoms with Gasteiger partial charge >= 0.3 is 6.09 Å². The number of benzene rings is 1. The van der Waals surface area contributed by atoms with Crippen molar-refractivity contribution in [3.63, 3.8) is 0 Å². The van der Waals surface area contributed by atoms with Gasteiger partial charge in [-0.25, -0.2) is 4.79 Å². The number of carbonyl (C=O) groups excluding carboxylic acids is 2. The average Bonchev–Trinajstić information content (AvgIpc) is 2.52. The third-order valence-corrected chi connectivity index (χ3v) is 3.57. The Labute approximate surface area is 136 Å². The molecule has 0 bridgehead atoms. The van der Waals surface area contributed by atoms with Gasteiger partial charge in [-0.2, -0.15) is 0 Å². The molecule has 23 heavy (non-hydrogen) atoms. The molecule has 2 rings (SSSR count). The molecule has 1 amide bonds. The summed E-state index contributed by atoms with van der Waals surface area (Å²) in [5.41, 5.74) is 2.09. The summed E-state index contributed by atoms with van der Waals surface area (Å²) in [6.07, 6.45) is 3.19. The lowest BCUT2D eigenvalue weighted by atomic mass is 9.97. The molecule has 0 N–H and O–H groups in total. The van der Waals surface area contributed by atoms with Gasteiger partial charge in [0.05, 0.1) is 7.11 Å². The molecule has 5 heteroatoms. The number of carbonyl (C=O) groups is 2. The van der Waals surface area contributed by atoms with Crippen molar-refractivity contribution in [2.75, 3.05) is 20.2 Å². The highest BCUT2D eigenvalue weighted by Gasteiger charge is 2.24. The quantitative estimate of drug-likeness (QED) is 0.800. The fraction of sp³-hybridized carbons (Fsp3) is 0.444. The number of amides is 1. The lowest BCUT2D eigenvalue weighted by Gasteiger charge is -2.30. The second-order valence-electron chi connectivity index (χ2n) is 6.48. The van der Waals surface area contributed by atoms with Crippen molar-refractivity contribution in [1.82, 2.24) is 4.90 Å². The first-order valence-electron chi connectivity index (χ1n) is 7.64. The van der Waals surface area contributed by atoms with E-state index >= 15 is 0 Å². The summed E-state index contributed by atoms with van der Waals surface area (Å²) in [6.45, 7) is 6.62. The summed E-state index contributed by atoms with van der Waals surface area (Å²) in [7, 11) is 1.61. The molecular formula is C18H23NO4. The minimum atomic E-state index is -0.497. The minimum Gasteiger partial charge on any atom is -0.496 e. The van der Waals surface area contributed by atoms with Crippen LogP contribution >= 0.6 is 0 Å². The molecule has 0 saturated heterocycles. The Balaban J connectivity index is 2.16. The van der Waals surface area contributed by atoms with Crippen LogP contribution in [0.4, 0.5) is 4.79 Å². The van der Waals surface area contributed by atoms with Crippen LogP contribution < -0.4 is 4.74 Å². The maximum atomic E-state index is 12.1. The molecule has 1 aliphatic heterocycles. The highest BCUT2D eigenvalue weighted by Crippen LogP contribution is 2.31. The molecule has 0 saturated carbocycles. The summed E-state index contributed by atoms with van der Waals surface area (Å²) in [6, 6.07) is 5.34. The van der Waals surface area contributed by atoms with Gasteiger partial charge in [-0.15, -0.1) is 0 Å². The van der Waals surface area contributed by atoms with E-state index in [1.54, 1.807) is 24.1 Å². The molecule has 1 aromatic rings. The van der Waals surface area contributed by atoms with E-state index in [1.165, 1.54) is 0 Å². The number of aldehydes is 1. The van der Waals surface area contributed by atoms with Crippen LogP contribution in [0.2, 0.25) is 0 Å². The molecule has 0 fully saturated rings. The first-order chi connectivity index (χ1) is 10.8. The fourth-order valence-corrected chi connectivity index (χ4v) is 2.46. The highest BCUT2D eigenvalue weighted by molar-refractivity contribution is 5.81. The van der Waals surface area contributed by atoms with Crippen molar-refractivity contribution >= 4 is 18.0 Å². The smallest absolute Gasteiger partial charge is 0.410 e. The van der Waals surface area contributed by atoms with Crippen molar-refractivity contribution < 1.29 is 19.1 Å². The minimum absolute atomic E-state index is 0.304. The molecule has 0 aromatic heterocycles. The average molecular weight is 317 g/mol. The van der Waals surface area contributed by atoms with Crippen LogP contribution in [0, 0.1) is 0 Å². The molecular weight excluding hydrogens is 294 g/mol. The van der Waals surface area contributed by atoms with Crippen LogP contribution in [0.3, 0.4) is 0 Å². The fourth-order valence-electron chi connectivity index (χ4n) is 2.46. The van der Waals surface area contributed by atoms with Crippen LogP contribution in [0.25, 0.3) is 5.57 Å². The molecule has 1 heterocycles. The SMILES string of the molecule is COc1ccc(C=O)cc1C1=CCN(C(=O)OC(C)(C)C)CC1. The first kappa shape index (κ1) is 17.1. The summed E-state index contributed by atoms with van der Waals surface area (Å²) >= 11 is 0. The van der Waals surface area contributed by atoms with E-state index in [2.05, 4.69) is 0 Å². The van der Waals surface area contributed by atoms with Crippen LogP contribution in [0.15, 0.2) is 24.3 Å². The second kappa shape index (κ2) is 6.86. The monoisotopic (exact) mass is 317 g/mol. The summed E-state index contributed by atoms with van der Waals surface area (Å²) < 4.78 is 10.8. The highest BCUT2D eigenvalue weighted by atomic mass is 16.6. The topological polar surface area (TPSA) is 55.8 Å². The Morgan fingerprint density at radius 1 is 1.30 bits per heavy atom. The molecule has 5 nitrogen and oxygen atoms in total. The number of hydrogen-bond donors (Lipinski definition) is 0. The lowest BCUT2D eigenvalue weighted by molar-refractivity contribution is 0.0270. The van der Waals surface area contributed by atoms with Crippen LogP contribution in [0.5, 0.6) is 5.75 Å². The molecule has 0 aliphatic carbocycles. The Hall–Kier alpha value is -2.30. The van der Waals surface area contributed by atoms with Gasteiger partial charge in [0.25, 0.3) is 0 Å². The third-order valence-electron chi connectivity index (χ3n) is 3.57. The third kappa shape index (κ3) is 4.34. The van der Waals surface area contributed by atoms with Crippen molar-refractivity contribution in [3.05, 3.63) is 35.4 Å². The lowest BCUT2D eigenvalue weighted by Crippen LogP contribution is -2.39. The zero-order chi connectivity index (χ0) is 17.0. The van der Waals surface area contributed by atoms with Crippen molar-refractivity contribution in [1.29, 1.82) is 0 Å². The summed E-state index contributed by atoms with van der Waals surface area (Å²) in [4.78, 5) is 24.7. The second-order valence-corrected chi connectivity index (χ2v) is 6.48.